The number of sulfonamides is 1. The summed E-state index contributed by atoms with van der Waals surface area (Å²) in [4.78, 5) is 2.28. The van der Waals surface area contributed by atoms with Crippen LogP contribution in [0.3, 0.4) is 0 Å². The normalized spacial score (nSPS) is 13.5. The van der Waals surface area contributed by atoms with Crippen LogP contribution in [0.15, 0.2) is 53.4 Å². The van der Waals surface area contributed by atoms with Gasteiger partial charge in [-0.15, -0.1) is 0 Å². The van der Waals surface area contributed by atoms with Gasteiger partial charge < -0.3 is 14.4 Å². The van der Waals surface area contributed by atoms with E-state index in [0.717, 1.165) is 12.2 Å². The van der Waals surface area contributed by atoms with Crippen LogP contribution in [0.4, 0.5) is 5.69 Å². The molecule has 0 radical (unpaired) electrons. The van der Waals surface area contributed by atoms with E-state index in [0.29, 0.717) is 37.7 Å². The van der Waals surface area contributed by atoms with Gasteiger partial charge in [0.1, 0.15) is 13.2 Å². The lowest BCUT2D eigenvalue weighted by Gasteiger charge is -2.20. The number of fused-ring (bicyclic) bond motifs is 1. The largest absolute Gasteiger partial charge is 0.486 e. The zero-order valence-electron chi connectivity index (χ0n) is 14.1. The Bertz CT molecular complexity index is 809. The third-order valence-electron chi connectivity index (χ3n) is 3.98. The highest BCUT2D eigenvalue weighted by molar-refractivity contribution is 7.89. The van der Waals surface area contributed by atoms with Gasteiger partial charge >= 0.3 is 0 Å². The van der Waals surface area contributed by atoms with Crippen molar-refractivity contribution in [2.75, 3.05) is 38.3 Å². The van der Waals surface area contributed by atoms with Crippen LogP contribution in [0.1, 0.15) is 6.42 Å². The molecule has 0 amide bonds. The summed E-state index contributed by atoms with van der Waals surface area (Å²) in [7, 11) is -1.57. The van der Waals surface area contributed by atoms with Crippen LogP contribution in [0.5, 0.6) is 11.5 Å². The van der Waals surface area contributed by atoms with Crippen molar-refractivity contribution in [3.63, 3.8) is 0 Å². The number of ether oxygens (including phenoxy) is 2. The SMILES string of the molecule is CN(CCCNS(=O)(=O)c1ccc2c(c1)OCCO2)c1ccccc1. The van der Waals surface area contributed by atoms with Crippen LogP contribution in [-0.4, -0.2) is 41.8 Å². The van der Waals surface area contributed by atoms with Crippen molar-refractivity contribution < 1.29 is 17.9 Å². The predicted molar refractivity (Wildman–Crippen MR) is 96.9 cm³/mol. The Labute approximate surface area is 148 Å². The molecule has 2 aromatic rings. The van der Waals surface area contributed by atoms with Crippen LogP contribution in [0.2, 0.25) is 0 Å². The van der Waals surface area contributed by atoms with E-state index in [1.54, 1.807) is 6.07 Å². The monoisotopic (exact) mass is 362 g/mol. The number of rotatable bonds is 7. The number of anilines is 1. The first-order valence-electron chi connectivity index (χ1n) is 8.22. The molecule has 0 atom stereocenters. The zero-order valence-corrected chi connectivity index (χ0v) is 15.0. The number of para-hydroxylation sites is 1. The third kappa shape index (κ3) is 4.43. The zero-order chi connectivity index (χ0) is 17.7. The second-order valence-corrected chi connectivity index (χ2v) is 7.58. The average molecular weight is 362 g/mol. The molecule has 1 aliphatic heterocycles. The van der Waals surface area contributed by atoms with Gasteiger partial charge in [-0.05, 0) is 30.7 Å². The fraction of sp³-hybridized carbons (Fsp3) is 0.333. The molecule has 7 heteroatoms. The summed E-state index contributed by atoms with van der Waals surface area (Å²) in [5.41, 5.74) is 1.11. The molecular weight excluding hydrogens is 340 g/mol. The van der Waals surface area contributed by atoms with Crippen molar-refractivity contribution in [2.45, 2.75) is 11.3 Å². The van der Waals surface area contributed by atoms with Crippen LogP contribution < -0.4 is 19.1 Å². The predicted octanol–water partition coefficient (Wildman–Crippen LogP) is 2.26. The van der Waals surface area contributed by atoms with Gasteiger partial charge in [0.2, 0.25) is 10.0 Å². The minimum absolute atomic E-state index is 0.188. The lowest BCUT2D eigenvalue weighted by atomic mass is 10.3. The minimum Gasteiger partial charge on any atom is -0.486 e. The van der Waals surface area contributed by atoms with Crippen LogP contribution in [0, 0.1) is 0 Å². The average Bonchev–Trinajstić information content (AvgIpc) is 2.65. The smallest absolute Gasteiger partial charge is 0.240 e. The van der Waals surface area contributed by atoms with E-state index in [4.69, 9.17) is 9.47 Å². The van der Waals surface area contributed by atoms with E-state index in [1.165, 1.54) is 12.1 Å². The van der Waals surface area contributed by atoms with Crippen molar-refractivity contribution in [1.29, 1.82) is 0 Å². The minimum atomic E-state index is -3.56. The van der Waals surface area contributed by atoms with E-state index < -0.39 is 10.0 Å². The van der Waals surface area contributed by atoms with Crippen LogP contribution >= 0.6 is 0 Å². The first kappa shape index (κ1) is 17.6. The van der Waals surface area contributed by atoms with E-state index in [2.05, 4.69) is 9.62 Å². The van der Waals surface area contributed by atoms with Gasteiger partial charge in [0, 0.05) is 31.9 Å². The highest BCUT2D eigenvalue weighted by Gasteiger charge is 2.18. The van der Waals surface area contributed by atoms with E-state index >= 15 is 0 Å². The van der Waals surface area contributed by atoms with Crippen molar-refractivity contribution in [3.05, 3.63) is 48.5 Å². The second-order valence-electron chi connectivity index (χ2n) is 5.81. The summed E-state index contributed by atoms with van der Waals surface area (Å²) >= 11 is 0. The van der Waals surface area contributed by atoms with Gasteiger partial charge in [0.15, 0.2) is 11.5 Å². The van der Waals surface area contributed by atoms with Crippen molar-refractivity contribution in [2.24, 2.45) is 0 Å². The Morgan fingerprint density at radius 2 is 1.76 bits per heavy atom. The number of hydrogen-bond donors (Lipinski definition) is 1. The molecule has 1 heterocycles. The second kappa shape index (κ2) is 7.76. The first-order valence-corrected chi connectivity index (χ1v) is 9.70. The standard InChI is InChI=1S/C18H22N2O4S/c1-20(15-6-3-2-4-7-15)11-5-10-19-25(21,22)16-8-9-17-18(14-16)24-13-12-23-17/h2-4,6-9,14,19H,5,10-13H2,1H3. The quantitative estimate of drug-likeness (QED) is 0.765. The Morgan fingerprint density at radius 3 is 2.52 bits per heavy atom. The summed E-state index contributed by atoms with van der Waals surface area (Å²) in [6.07, 6.45) is 0.704. The molecule has 0 aliphatic carbocycles. The Balaban J connectivity index is 1.54. The Morgan fingerprint density at radius 1 is 1.04 bits per heavy atom. The van der Waals surface area contributed by atoms with Gasteiger partial charge in [-0.25, -0.2) is 13.1 Å². The molecule has 2 aromatic carbocycles. The van der Waals surface area contributed by atoms with Gasteiger partial charge in [-0.1, -0.05) is 18.2 Å². The van der Waals surface area contributed by atoms with Gasteiger partial charge in [0.25, 0.3) is 0 Å². The fourth-order valence-corrected chi connectivity index (χ4v) is 3.70. The van der Waals surface area contributed by atoms with Gasteiger partial charge in [-0.2, -0.15) is 0 Å². The van der Waals surface area contributed by atoms with Crippen LogP contribution in [0.25, 0.3) is 0 Å². The summed E-state index contributed by atoms with van der Waals surface area (Å²) in [5.74, 6) is 1.05. The molecule has 3 rings (SSSR count). The highest BCUT2D eigenvalue weighted by Crippen LogP contribution is 2.32. The molecule has 1 aliphatic rings. The highest BCUT2D eigenvalue weighted by atomic mass is 32.2. The van der Waals surface area contributed by atoms with Gasteiger partial charge in [-0.3, -0.25) is 0 Å². The van der Waals surface area contributed by atoms with Crippen LogP contribution in [-0.2, 0) is 10.0 Å². The summed E-state index contributed by atoms with van der Waals surface area (Å²) in [5, 5.41) is 0. The fourth-order valence-electron chi connectivity index (χ4n) is 2.61. The molecular formula is C18H22N2O4S. The van der Waals surface area contributed by atoms with Crippen molar-refractivity contribution in [3.8, 4) is 11.5 Å². The lowest BCUT2D eigenvalue weighted by Crippen LogP contribution is -2.28. The molecule has 0 unspecified atom stereocenters. The van der Waals surface area contributed by atoms with Crippen molar-refractivity contribution in [1.82, 2.24) is 4.72 Å². The third-order valence-corrected chi connectivity index (χ3v) is 5.44. The maximum atomic E-state index is 12.4. The van der Waals surface area contributed by atoms with Crippen molar-refractivity contribution >= 4 is 15.7 Å². The number of nitrogens with zero attached hydrogens (tertiary/aromatic N) is 1. The maximum absolute atomic E-state index is 12.4. The molecule has 0 saturated carbocycles. The first-order chi connectivity index (χ1) is 12.1. The molecule has 25 heavy (non-hydrogen) atoms. The molecule has 134 valence electrons. The molecule has 0 spiro atoms. The lowest BCUT2D eigenvalue weighted by molar-refractivity contribution is 0.171. The van der Waals surface area contributed by atoms with E-state index in [-0.39, 0.29) is 4.90 Å². The summed E-state index contributed by atoms with van der Waals surface area (Å²) in [6, 6.07) is 14.7. The Hall–Kier alpha value is -2.25. The maximum Gasteiger partial charge on any atom is 0.240 e. The topological polar surface area (TPSA) is 67.9 Å². The molecule has 6 nitrogen and oxygen atoms in total. The molecule has 0 fully saturated rings. The molecule has 0 aromatic heterocycles. The van der Waals surface area contributed by atoms with E-state index in [1.807, 2.05) is 37.4 Å². The number of nitrogens with one attached hydrogen (secondary N) is 1. The molecule has 0 bridgehead atoms. The number of hydrogen-bond acceptors (Lipinski definition) is 5. The molecule has 1 N–H and O–H groups in total. The Kier molecular flexibility index (Phi) is 5.45. The number of benzene rings is 2. The summed E-state index contributed by atoms with van der Waals surface area (Å²) < 4.78 is 38.3. The summed E-state index contributed by atoms with van der Waals surface area (Å²) in [6.45, 7) is 2.03. The van der Waals surface area contributed by atoms with Gasteiger partial charge in [0.05, 0.1) is 4.90 Å². The van der Waals surface area contributed by atoms with E-state index in [9.17, 15) is 8.42 Å². The molecule has 0 saturated heterocycles.